The van der Waals surface area contributed by atoms with E-state index in [1.807, 2.05) is 18.3 Å². The van der Waals surface area contributed by atoms with Crippen molar-refractivity contribution in [2.75, 3.05) is 0 Å². The van der Waals surface area contributed by atoms with Gasteiger partial charge in [-0.25, -0.2) is 0 Å². The molecule has 0 saturated heterocycles. The summed E-state index contributed by atoms with van der Waals surface area (Å²) in [4.78, 5) is 4.33. The topological polar surface area (TPSA) is 38.0 Å². The van der Waals surface area contributed by atoms with Gasteiger partial charge in [-0.15, -0.1) is 0 Å². The quantitative estimate of drug-likeness (QED) is 0.898. The summed E-state index contributed by atoms with van der Waals surface area (Å²) in [6, 6.07) is 6.01. The largest absolute Gasteiger partial charge is 0.388 e. The number of hydrogen-bond acceptors (Lipinski definition) is 2. The molecule has 0 bridgehead atoms. The minimum Gasteiger partial charge on any atom is -0.388 e. The van der Waals surface area contributed by atoms with E-state index in [0.717, 1.165) is 43.5 Å². The van der Waals surface area contributed by atoms with E-state index in [1.165, 1.54) is 5.56 Å². The van der Waals surface area contributed by atoms with Crippen LogP contribution in [0.4, 0.5) is 0 Å². The number of fused-ring (bicyclic) bond motifs is 1. The van der Waals surface area contributed by atoms with E-state index in [9.17, 15) is 5.11 Å². The van der Waals surface area contributed by atoms with Gasteiger partial charge in [-0.1, -0.05) is 6.07 Å². The van der Waals surface area contributed by atoms with Crippen LogP contribution in [0.3, 0.4) is 0 Å². The van der Waals surface area contributed by atoms with Crippen LogP contribution in [0.2, 0.25) is 0 Å². The number of aromatic nitrogens is 2. The summed E-state index contributed by atoms with van der Waals surface area (Å²) in [7, 11) is 0. The summed E-state index contributed by atoms with van der Waals surface area (Å²) >= 11 is 0. The van der Waals surface area contributed by atoms with Gasteiger partial charge in [0.25, 0.3) is 0 Å². The Morgan fingerprint density at radius 1 is 1.33 bits per heavy atom. The Hall–Kier alpha value is -1.61. The highest BCUT2D eigenvalue weighted by molar-refractivity contribution is 5.29. The first-order valence-electron chi connectivity index (χ1n) is 6.59. The molecule has 0 amide bonds. The molecule has 0 aromatic carbocycles. The molecule has 3 heteroatoms. The van der Waals surface area contributed by atoms with Crippen molar-refractivity contribution in [2.24, 2.45) is 0 Å². The molecule has 18 heavy (non-hydrogen) atoms. The first-order chi connectivity index (χ1) is 8.83. The van der Waals surface area contributed by atoms with Gasteiger partial charge in [0.05, 0.1) is 6.10 Å². The van der Waals surface area contributed by atoms with Gasteiger partial charge < -0.3 is 9.67 Å². The van der Waals surface area contributed by atoms with Crippen LogP contribution in [0.25, 0.3) is 0 Å². The third kappa shape index (κ3) is 2.31. The molecule has 0 saturated carbocycles. The van der Waals surface area contributed by atoms with Crippen molar-refractivity contribution in [3.8, 4) is 0 Å². The van der Waals surface area contributed by atoms with Gasteiger partial charge in [0.1, 0.15) is 0 Å². The van der Waals surface area contributed by atoms with E-state index in [1.54, 1.807) is 0 Å². The summed E-state index contributed by atoms with van der Waals surface area (Å²) < 4.78 is 2.19. The second-order valence-electron chi connectivity index (χ2n) is 4.96. The first-order valence-corrected chi connectivity index (χ1v) is 6.59. The number of aliphatic hydroxyl groups excluding tert-OH is 1. The first kappa shape index (κ1) is 11.5. The summed E-state index contributed by atoms with van der Waals surface area (Å²) in [6.07, 6.45) is 9.89. The van der Waals surface area contributed by atoms with Gasteiger partial charge in [-0.05, 0) is 37.0 Å². The smallest absolute Gasteiger partial charge is 0.0807 e. The van der Waals surface area contributed by atoms with Crippen LogP contribution < -0.4 is 0 Å². The zero-order chi connectivity index (χ0) is 12.4. The van der Waals surface area contributed by atoms with E-state index in [-0.39, 0.29) is 6.10 Å². The molecular formula is C15H18N2O. The normalized spacial score (nSPS) is 18.6. The van der Waals surface area contributed by atoms with Crippen LogP contribution in [0, 0.1) is 0 Å². The zero-order valence-electron chi connectivity index (χ0n) is 10.4. The lowest BCUT2D eigenvalue weighted by molar-refractivity contribution is 0.157. The fourth-order valence-electron chi connectivity index (χ4n) is 2.64. The monoisotopic (exact) mass is 242 g/mol. The second-order valence-corrected chi connectivity index (χ2v) is 4.96. The van der Waals surface area contributed by atoms with Crippen LogP contribution in [0.1, 0.15) is 35.8 Å². The molecule has 1 unspecified atom stereocenters. The average Bonchev–Trinajstić information content (AvgIpc) is 2.82. The molecular weight excluding hydrogens is 224 g/mol. The van der Waals surface area contributed by atoms with E-state index >= 15 is 0 Å². The lowest BCUT2D eigenvalue weighted by atomic mass is 9.93. The van der Waals surface area contributed by atoms with Gasteiger partial charge in [-0.2, -0.15) is 0 Å². The average molecular weight is 242 g/mol. The van der Waals surface area contributed by atoms with E-state index in [2.05, 4.69) is 28.0 Å². The molecule has 94 valence electrons. The fraction of sp³-hybridized carbons (Fsp3) is 0.400. The van der Waals surface area contributed by atoms with Crippen molar-refractivity contribution < 1.29 is 5.11 Å². The summed E-state index contributed by atoms with van der Waals surface area (Å²) in [6.45, 7) is 0.927. The molecule has 2 heterocycles. The minimum absolute atomic E-state index is 0.259. The van der Waals surface area contributed by atoms with Crippen LogP contribution in [0.5, 0.6) is 0 Å². The zero-order valence-corrected chi connectivity index (χ0v) is 10.4. The Bertz CT molecular complexity index is 519. The van der Waals surface area contributed by atoms with Crippen molar-refractivity contribution in [1.82, 2.24) is 9.55 Å². The number of aliphatic hydroxyl groups is 1. The molecule has 1 aliphatic carbocycles. The highest BCUT2D eigenvalue weighted by atomic mass is 16.3. The number of rotatable bonds is 3. The Labute approximate surface area is 107 Å². The fourth-order valence-corrected chi connectivity index (χ4v) is 2.64. The molecule has 2 aromatic rings. The second kappa shape index (κ2) is 4.94. The predicted molar refractivity (Wildman–Crippen MR) is 70.3 cm³/mol. The molecule has 0 aliphatic heterocycles. The number of aryl methyl sites for hydroxylation is 3. The molecule has 3 rings (SSSR count). The molecule has 1 aliphatic rings. The van der Waals surface area contributed by atoms with Gasteiger partial charge in [0.2, 0.25) is 0 Å². The van der Waals surface area contributed by atoms with Gasteiger partial charge in [0.15, 0.2) is 0 Å². The van der Waals surface area contributed by atoms with E-state index in [4.69, 9.17) is 0 Å². The maximum Gasteiger partial charge on any atom is 0.0807 e. The van der Waals surface area contributed by atoms with Crippen LogP contribution in [0.15, 0.2) is 36.8 Å². The van der Waals surface area contributed by atoms with Crippen LogP contribution >= 0.6 is 0 Å². The van der Waals surface area contributed by atoms with Crippen LogP contribution in [-0.2, 0) is 19.4 Å². The lowest BCUT2D eigenvalue weighted by Crippen LogP contribution is -2.05. The minimum atomic E-state index is -0.259. The molecule has 1 atom stereocenters. The lowest BCUT2D eigenvalue weighted by Gasteiger charge is -2.16. The molecule has 2 aromatic heterocycles. The SMILES string of the molecule is OC1CCCc2cn(CCc3ccccn3)cc21. The molecule has 3 nitrogen and oxygen atoms in total. The highest BCUT2D eigenvalue weighted by Gasteiger charge is 2.19. The van der Waals surface area contributed by atoms with E-state index in [0.29, 0.717) is 0 Å². The van der Waals surface area contributed by atoms with Crippen molar-refractivity contribution in [1.29, 1.82) is 0 Å². The molecule has 1 N–H and O–H groups in total. The summed E-state index contributed by atoms with van der Waals surface area (Å²) in [5.41, 5.74) is 3.56. The molecule has 0 radical (unpaired) electrons. The van der Waals surface area contributed by atoms with Crippen molar-refractivity contribution >= 4 is 0 Å². The highest BCUT2D eigenvalue weighted by Crippen LogP contribution is 2.30. The predicted octanol–water partition coefficient (Wildman–Crippen LogP) is 2.50. The number of pyridine rings is 1. The Kier molecular flexibility index (Phi) is 3.15. The Balaban J connectivity index is 1.70. The van der Waals surface area contributed by atoms with Crippen molar-refractivity contribution in [2.45, 2.75) is 38.3 Å². The Morgan fingerprint density at radius 3 is 3.06 bits per heavy atom. The van der Waals surface area contributed by atoms with Crippen molar-refractivity contribution in [3.05, 3.63) is 53.6 Å². The maximum absolute atomic E-state index is 9.93. The van der Waals surface area contributed by atoms with Crippen LogP contribution in [-0.4, -0.2) is 14.7 Å². The van der Waals surface area contributed by atoms with Gasteiger partial charge in [-0.3, -0.25) is 4.98 Å². The summed E-state index contributed by atoms with van der Waals surface area (Å²) in [5.74, 6) is 0. The third-order valence-electron chi connectivity index (χ3n) is 3.63. The Morgan fingerprint density at radius 2 is 2.28 bits per heavy atom. The number of hydrogen-bond donors (Lipinski definition) is 1. The van der Waals surface area contributed by atoms with Gasteiger partial charge in [0, 0.05) is 42.8 Å². The van der Waals surface area contributed by atoms with Crippen molar-refractivity contribution in [3.63, 3.8) is 0 Å². The standard InChI is InChI=1S/C15H18N2O/c18-15-6-3-4-12-10-17(11-14(12)15)9-7-13-5-1-2-8-16-13/h1-2,5,8,10-11,15,18H,3-4,6-7,9H2. The number of nitrogens with zero attached hydrogens (tertiary/aromatic N) is 2. The van der Waals surface area contributed by atoms with E-state index < -0.39 is 0 Å². The maximum atomic E-state index is 9.93. The third-order valence-corrected chi connectivity index (χ3v) is 3.63. The molecule has 0 fully saturated rings. The van der Waals surface area contributed by atoms with Gasteiger partial charge >= 0.3 is 0 Å². The summed E-state index contributed by atoms with van der Waals surface area (Å²) in [5, 5.41) is 9.93. The molecule has 0 spiro atoms.